The Bertz CT molecular complexity index is 1460. The lowest BCUT2D eigenvalue weighted by Crippen LogP contribution is -2.24. The van der Waals surface area contributed by atoms with Gasteiger partial charge in [-0.25, -0.2) is 4.98 Å². The molecule has 158 valence electrons. The largest absolute Gasteiger partial charge is 0.345 e. The Labute approximate surface area is 193 Å². The van der Waals surface area contributed by atoms with Gasteiger partial charge in [-0.2, -0.15) is 5.10 Å². The van der Waals surface area contributed by atoms with Crippen molar-refractivity contribution in [1.82, 2.24) is 25.5 Å². The van der Waals surface area contributed by atoms with Gasteiger partial charge in [-0.15, -0.1) is 0 Å². The van der Waals surface area contributed by atoms with E-state index in [9.17, 15) is 4.79 Å². The predicted molar refractivity (Wildman–Crippen MR) is 126 cm³/mol. The Hall–Kier alpha value is -3.48. The van der Waals surface area contributed by atoms with Crippen molar-refractivity contribution in [2.24, 2.45) is 0 Å². The molecule has 3 aromatic heterocycles. The third kappa shape index (κ3) is 4.28. The third-order valence-corrected chi connectivity index (χ3v) is 5.61. The number of benzene rings is 2. The normalized spacial score (nSPS) is 11.2. The van der Waals surface area contributed by atoms with Gasteiger partial charge in [0.15, 0.2) is 0 Å². The average Bonchev–Trinajstić information content (AvgIpc) is 3.19. The molecule has 3 heterocycles. The fraction of sp³-hybridized carbons (Fsp3) is 0.0833. The van der Waals surface area contributed by atoms with Gasteiger partial charge in [0.25, 0.3) is 5.91 Å². The maximum absolute atomic E-state index is 12.7. The van der Waals surface area contributed by atoms with E-state index in [0.717, 1.165) is 33.1 Å². The quantitative estimate of drug-likeness (QED) is 0.370. The van der Waals surface area contributed by atoms with Crippen molar-refractivity contribution >= 4 is 50.9 Å². The zero-order chi connectivity index (χ0) is 22.1. The van der Waals surface area contributed by atoms with Crippen LogP contribution in [0.2, 0.25) is 10.0 Å². The maximum atomic E-state index is 12.7. The first kappa shape index (κ1) is 20.4. The van der Waals surface area contributed by atoms with E-state index < -0.39 is 0 Å². The van der Waals surface area contributed by atoms with E-state index in [1.54, 1.807) is 12.1 Å². The molecule has 0 saturated carbocycles. The zero-order valence-electron chi connectivity index (χ0n) is 16.8. The summed E-state index contributed by atoms with van der Waals surface area (Å²) in [5.41, 5.74) is 4.57. The minimum atomic E-state index is -0.270. The Morgan fingerprint density at radius 1 is 1.00 bits per heavy atom. The topological polar surface area (TPSA) is 83.6 Å². The van der Waals surface area contributed by atoms with E-state index in [1.165, 1.54) is 0 Å². The second-order valence-corrected chi connectivity index (χ2v) is 8.29. The Balaban J connectivity index is 1.31. The molecular formula is C24H17Cl2N5O. The lowest BCUT2D eigenvalue weighted by atomic mass is 10.1. The fourth-order valence-electron chi connectivity index (χ4n) is 3.59. The average molecular weight is 462 g/mol. The first-order valence-corrected chi connectivity index (χ1v) is 10.7. The zero-order valence-corrected chi connectivity index (χ0v) is 18.3. The number of amides is 1. The van der Waals surface area contributed by atoms with Crippen LogP contribution in [-0.2, 0) is 13.0 Å². The first-order valence-electron chi connectivity index (χ1n) is 9.96. The fourth-order valence-corrected chi connectivity index (χ4v) is 3.94. The van der Waals surface area contributed by atoms with Crippen LogP contribution in [0.4, 0.5) is 0 Å². The van der Waals surface area contributed by atoms with Gasteiger partial charge in [-0.3, -0.25) is 14.9 Å². The molecule has 32 heavy (non-hydrogen) atoms. The SMILES string of the molecule is O=C(NCc1n[nH]c2ccc(Cl)cc12)c1cccc(Cc2cnc3ccc(Cl)cc3c2)n1. The van der Waals surface area contributed by atoms with Crippen LogP contribution in [-0.4, -0.2) is 26.1 Å². The van der Waals surface area contributed by atoms with Crippen molar-refractivity contribution in [2.45, 2.75) is 13.0 Å². The summed E-state index contributed by atoms with van der Waals surface area (Å²) in [5, 5.41) is 13.2. The molecule has 0 spiro atoms. The van der Waals surface area contributed by atoms with E-state index in [-0.39, 0.29) is 12.5 Å². The highest BCUT2D eigenvalue weighted by atomic mass is 35.5. The first-order chi connectivity index (χ1) is 15.5. The second kappa shape index (κ2) is 8.57. The van der Waals surface area contributed by atoms with Crippen LogP contribution in [0.1, 0.15) is 27.4 Å². The van der Waals surface area contributed by atoms with E-state index in [4.69, 9.17) is 23.2 Å². The van der Waals surface area contributed by atoms with Crippen LogP contribution in [0, 0.1) is 0 Å². The van der Waals surface area contributed by atoms with Crippen LogP contribution in [0.3, 0.4) is 0 Å². The van der Waals surface area contributed by atoms with Crippen molar-refractivity contribution in [1.29, 1.82) is 0 Å². The highest BCUT2D eigenvalue weighted by molar-refractivity contribution is 6.31. The molecule has 8 heteroatoms. The highest BCUT2D eigenvalue weighted by Crippen LogP contribution is 2.21. The molecule has 2 aromatic carbocycles. The van der Waals surface area contributed by atoms with Gasteiger partial charge < -0.3 is 5.32 Å². The smallest absolute Gasteiger partial charge is 0.270 e. The molecule has 6 nitrogen and oxygen atoms in total. The Morgan fingerprint density at radius 3 is 2.75 bits per heavy atom. The van der Waals surface area contributed by atoms with Crippen LogP contribution >= 0.6 is 23.2 Å². The summed E-state index contributed by atoms with van der Waals surface area (Å²) in [6.07, 6.45) is 2.37. The van der Waals surface area contributed by atoms with Crippen LogP contribution < -0.4 is 5.32 Å². The summed E-state index contributed by atoms with van der Waals surface area (Å²) >= 11 is 12.2. The summed E-state index contributed by atoms with van der Waals surface area (Å²) in [7, 11) is 0. The molecular weight excluding hydrogens is 445 g/mol. The number of nitrogens with one attached hydrogen (secondary N) is 2. The van der Waals surface area contributed by atoms with Gasteiger partial charge in [0.1, 0.15) is 5.69 Å². The number of nitrogens with zero attached hydrogens (tertiary/aromatic N) is 3. The van der Waals surface area contributed by atoms with Crippen molar-refractivity contribution in [3.8, 4) is 0 Å². The molecule has 0 fully saturated rings. The van der Waals surface area contributed by atoms with Gasteiger partial charge >= 0.3 is 0 Å². The number of hydrogen-bond acceptors (Lipinski definition) is 4. The summed E-state index contributed by atoms with van der Waals surface area (Å²) in [4.78, 5) is 21.7. The van der Waals surface area contributed by atoms with Crippen molar-refractivity contribution < 1.29 is 4.79 Å². The number of carbonyl (C=O) groups excluding carboxylic acids is 1. The van der Waals surface area contributed by atoms with Crippen LogP contribution in [0.15, 0.2) is 66.9 Å². The summed E-state index contributed by atoms with van der Waals surface area (Å²) in [6, 6.07) is 18.5. The van der Waals surface area contributed by atoms with Gasteiger partial charge in [-0.05, 0) is 60.2 Å². The van der Waals surface area contributed by atoms with Crippen molar-refractivity contribution in [3.05, 3.63) is 99.6 Å². The second-order valence-electron chi connectivity index (χ2n) is 7.41. The van der Waals surface area contributed by atoms with E-state index >= 15 is 0 Å². The minimum Gasteiger partial charge on any atom is -0.345 e. The van der Waals surface area contributed by atoms with Gasteiger partial charge in [0, 0.05) is 39.1 Å². The number of H-pyrrole nitrogens is 1. The number of halogens is 2. The van der Waals surface area contributed by atoms with Crippen LogP contribution in [0.25, 0.3) is 21.8 Å². The molecule has 2 N–H and O–H groups in total. The number of aromatic nitrogens is 4. The number of hydrogen-bond donors (Lipinski definition) is 2. The van der Waals surface area contributed by atoms with E-state index in [2.05, 4.69) is 25.5 Å². The minimum absolute atomic E-state index is 0.264. The number of carbonyl (C=O) groups is 1. The standard InChI is InChI=1S/C24H17Cl2N5O/c25-16-4-6-20-15(10-16)8-14(12-27-20)9-18-2-1-3-22(29-18)24(32)28-13-23-19-11-17(26)5-7-21(19)30-31-23/h1-8,10-12H,9,13H2,(H,28,32)(H,30,31). The molecule has 5 aromatic rings. The van der Waals surface area contributed by atoms with E-state index in [1.807, 2.05) is 54.7 Å². The summed E-state index contributed by atoms with van der Waals surface area (Å²) < 4.78 is 0. The summed E-state index contributed by atoms with van der Waals surface area (Å²) in [5.74, 6) is -0.270. The van der Waals surface area contributed by atoms with Crippen molar-refractivity contribution in [3.63, 3.8) is 0 Å². The molecule has 0 radical (unpaired) electrons. The van der Waals surface area contributed by atoms with Gasteiger partial charge in [0.05, 0.1) is 23.3 Å². The molecule has 0 aliphatic carbocycles. The third-order valence-electron chi connectivity index (χ3n) is 5.14. The lowest BCUT2D eigenvalue weighted by molar-refractivity contribution is 0.0945. The molecule has 0 saturated heterocycles. The number of aromatic amines is 1. The molecule has 5 rings (SSSR count). The van der Waals surface area contributed by atoms with Gasteiger partial charge in [-0.1, -0.05) is 29.3 Å². The molecule has 0 unspecified atom stereocenters. The monoisotopic (exact) mass is 461 g/mol. The van der Waals surface area contributed by atoms with Gasteiger partial charge in [0.2, 0.25) is 0 Å². The molecule has 0 aliphatic rings. The van der Waals surface area contributed by atoms with Crippen molar-refractivity contribution in [2.75, 3.05) is 0 Å². The predicted octanol–water partition coefficient (Wildman–Crippen LogP) is 5.33. The molecule has 0 bridgehead atoms. The Morgan fingerprint density at radius 2 is 1.84 bits per heavy atom. The number of pyridine rings is 2. The Kier molecular flexibility index (Phi) is 5.47. The summed E-state index contributed by atoms with van der Waals surface area (Å²) in [6.45, 7) is 0.264. The van der Waals surface area contributed by atoms with E-state index in [0.29, 0.717) is 27.9 Å². The lowest BCUT2D eigenvalue weighted by Gasteiger charge is -2.07. The maximum Gasteiger partial charge on any atom is 0.270 e. The number of fused-ring (bicyclic) bond motifs is 2. The number of rotatable bonds is 5. The molecule has 1 amide bonds. The molecule has 0 atom stereocenters. The molecule has 0 aliphatic heterocycles. The highest BCUT2D eigenvalue weighted by Gasteiger charge is 2.12. The van der Waals surface area contributed by atoms with Crippen LogP contribution in [0.5, 0.6) is 0 Å².